The number of aromatic hydroxyl groups is 1. The second-order valence-electron chi connectivity index (χ2n) is 10.7. The highest BCUT2D eigenvalue weighted by Crippen LogP contribution is 2.36. The normalized spacial score (nSPS) is 15.8. The number of fused-ring (bicyclic) bond motifs is 1. The average molecular weight is 480 g/mol. The Kier molecular flexibility index (Phi) is 7.95. The summed E-state index contributed by atoms with van der Waals surface area (Å²) < 4.78 is 0. The molecule has 190 valence electrons. The zero-order valence-electron chi connectivity index (χ0n) is 22.6. The summed E-state index contributed by atoms with van der Waals surface area (Å²) >= 11 is 0. The highest BCUT2D eigenvalue weighted by molar-refractivity contribution is 5.99. The molecule has 0 saturated carbocycles. The third kappa shape index (κ3) is 5.53. The second-order valence-corrected chi connectivity index (χ2v) is 10.7. The number of nitrogens with zero attached hydrogens (tertiary/aromatic N) is 2. The van der Waals surface area contributed by atoms with Gasteiger partial charge in [0.25, 0.3) is 5.91 Å². The number of carbonyl (C=O) groups is 2. The number of anilines is 1. The van der Waals surface area contributed by atoms with Crippen LogP contribution in [0.1, 0.15) is 74.0 Å². The maximum absolute atomic E-state index is 13.9. The van der Waals surface area contributed by atoms with E-state index in [0.29, 0.717) is 17.8 Å². The molecule has 0 aromatic heterocycles. The minimum atomic E-state index is -0.712. The monoisotopic (exact) mass is 479 g/mol. The molecule has 0 bridgehead atoms. The Hall–Kier alpha value is -2.86. The minimum Gasteiger partial charge on any atom is -0.507 e. The van der Waals surface area contributed by atoms with E-state index in [-0.39, 0.29) is 17.6 Å². The predicted octanol–water partition coefficient (Wildman–Crippen LogP) is 5.27. The Morgan fingerprint density at radius 1 is 1.09 bits per heavy atom. The first-order valence-electron chi connectivity index (χ1n) is 12.6. The third-order valence-electron chi connectivity index (χ3n) is 7.20. The molecular formula is C29H41N3O3. The average Bonchev–Trinajstić information content (AvgIpc) is 2.82. The molecule has 0 aliphatic carbocycles. The molecule has 1 aliphatic heterocycles. The van der Waals surface area contributed by atoms with Gasteiger partial charge in [0.15, 0.2) is 0 Å². The first-order chi connectivity index (χ1) is 16.4. The zero-order chi connectivity index (χ0) is 26.1. The molecule has 2 aromatic carbocycles. The van der Waals surface area contributed by atoms with Crippen molar-refractivity contribution >= 4 is 17.5 Å². The van der Waals surface area contributed by atoms with Crippen LogP contribution in [0.25, 0.3) is 0 Å². The molecule has 0 spiro atoms. The molecule has 1 unspecified atom stereocenters. The Bertz CT molecular complexity index is 1110. The van der Waals surface area contributed by atoms with Crippen LogP contribution < -0.4 is 5.32 Å². The van der Waals surface area contributed by atoms with Crippen LogP contribution in [0.5, 0.6) is 5.75 Å². The standard InChI is InChI=1S/C29H41N3O3/c1-9-31(10-2)17-21-11-12-22-13-14-32(28(35)29(6,7)8)25(23(22)16-21)27(34)30-24-15-18(3)26(33)20(5)19(24)4/h11-12,15-16,25,33H,9-10,13-14,17H2,1-8H3,(H,30,34). The molecule has 1 atom stereocenters. The molecule has 3 rings (SSSR count). The molecule has 2 aromatic rings. The largest absolute Gasteiger partial charge is 0.507 e. The highest BCUT2D eigenvalue weighted by Gasteiger charge is 2.40. The molecule has 2 N–H and O–H groups in total. The summed E-state index contributed by atoms with van der Waals surface area (Å²) in [5.74, 6) is -0.0162. The summed E-state index contributed by atoms with van der Waals surface area (Å²) in [6, 6.07) is 7.46. The number of carbonyl (C=O) groups excluding carboxylic acids is 2. The van der Waals surface area contributed by atoms with E-state index in [9.17, 15) is 14.7 Å². The SMILES string of the molecule is CCN(CC)Cc1ccc2c(c1)C(C(=O)Nc1cc(C)c(O)c(C)c1C)N(C(=O)C(C)(C)C)CC2. The maximum Gasteiger partial charge on any atom is 0.251 e. The number of aryl methyl sites for hydroxylation is 1. The van der Waals surface area contributed by atoms with Crippen LogP contribution in [0.3, 0.4) is 0 Å². The van der Waals surface area contributed by atoms with Gasteiger partial charge in [0.05, 0.1) is 0 Å². The van der Waals surface area contributed by atoms with Crippen molar-refractivity contribution in [1.29, 1.82) is 0 Å². The van der Waals surface area contributed by atoms with E-state index in [2.05, 4.69) is 42.3 Å². The molecule has 6 nitrogen and oxygen atoms in total. The molecule has 2 amide bonds. The zero-order valence-corrected chi connectivity index (χ0v) is 22.6. The Morgan fingerprint density at radius 3 is 2.34 bits per heavy atom. The van der Waals surface area contributed by atoms with Gasteiger partial charge in [-0.3, -0.25) is 14.5 Å². The van der Waals surface area contributed by atoms with Gasteiger partial charge in [0.1, 0.15) is 11.8 Å². The van der Waals surface area contributed by atoms with Gasteiger partial charge < -0.3 is 15.3 Å². The van der Waals surface area contributed by atoms with E-state index in [1.807, 2.05) is 41.5 Å². The lowest BCUT2D eigenvalue weighted by Crippen LogP contribution is -2.49. The molecule has 6 heteroatoms. The van der Waals surface area contributed by atoms with Crippen molar-refractivity contribution in [1.82, 2.24) is 9.80 Å². The lowest BCUT2D eigenvalue weighted by molar-refractivity contribution is -0.146. The Labute approximate surface area is 210 Å². The number of amides is 2. The summed E-state index contributed by atoms with van der Waals surface area (Å²) in [4.78, 5) is 31.5. The smallest absolute Gasteiger partial charge is 0.251 e. The van der Waals surface area contributed by atoms with Gasteiger partial charge in [-0.25, -0.2) is 0 Å². The molecular weight excluding hydrogens is 438 g/mol. The van der Waals surface area contributed by atoms with E-state index >= 15 is 0 Å². The van der Waals surface area contributed by atoms with Crippen molar-refractivity contribution in [3.63, 3.8) is 0 Å². The molecule has 0 radical (unpaired) electrons. The van der Waals surface area contributed by atoms with Crippen LogP contribution in [0.15, 0.2) is 24.3 Å². The van der Waals surface area contributed by atoms with Crippen molar-refractivity contribution in [3.8, 4) is 5.75 Å². The Balaban J connectivity index is 2.07. The predicted molar refractivity (Wildman–Crippen MR) is 142 cm³/mol. The first kappa shape index (κ1) is 26.7. The van der Waals surface area contributed by atoms with Crippen molar-refractivity contribution < 1.29 is 14.7 Å². The lowest BCUT2D eigenvalue weighted by atomic mass is 9.86. The van der Waals surface area contributed by atoms with E-state index in [1.54, 1.807) is 11.0 Å². The Morgan fingerprint density at radius 2 is 1.74 bits per heavy atom. The van der Waals surface area contributed by atoms with Gasteiger partial charge >= 0.3 is 0 Å². The van der Waals surface area contributed by atoms with Gasteiger partial charge in [-0.1, -0.05) is 52.8 Å². The van der Waals surface area contributed by atoms with Gasteiger partial charge in [0, 0.05) is 24.2 Å². The van der Waals surface area contributed by atoms with Crippen LogP contribution in [-0.4, -0.2) is 46.4 Å². The maximum atomic E-state index is 13.9. The number of hydrogen-bond acceptors (Lipinski definition) is 4. The van der Waals surface area contributed by atoms with Crippen LogP contribution in [0, 0.1) is 26.2 Å². The molecule has 0 saturated heterocycles. The van der Waals surface area contributed by atoms with E-state index in [1.165, 1.54) is 0 Å². The molecule has 1 heterocycles. The van der Waals surface area contributed by atoms with Crippen molar-refractivity contribution in [2.45, 2.75) is 74.4 Å². The first-order valence-corrected chi connectivity index (χ1v) is 12.6. The molecule has 0 fully saturated rings. The summed E-state index contributed by atoms with van der Waals surface area (Å²) in [6.45, 7) is 18.7. The molecule has 1 aliphatic rings. The fourth-order valence-corrected chi connectivity index (χ4v) is 4.80. The fourth-order valence-electron chi connectivity index (χ4n) is 4.80. The van der Waals surface area contributed by atoms with Crippen LogP contribution in [0.4, 0.5) is 5.69 Å². The number of phenolic OH excluding ortho intramolecular Hbond substituents is 1. The van der Waals surface area contributed by atoms with Crippen molar-refractivity contribution in [2.24, 2.45) is 5.41 Å². The summed E-state index contributed by atoms with van der Waals surface area (Å²) in [6.07, 6.45) is 0.725. The fraction of sp³-hybridized carbons (Fsp3) is 0.517. The summed E-state index contributed by atoms with van der Waals surface area (Å²) in [5.41, 5.74) is 5.49. The van der Waals surface area contributed by atoms with Crippen LogP contribution in [-0.2, 0) is 22.6 Å². The van der Waals surface area contributed by atoms with Crippen molar-refractivity contribution in [2.75, 3.05) is 25.0 Å². The topological polar surface area (TPSA) is 72.9 Å². The van der Waals surface area contributed by atoms with E-state index in [0.717, 1.165) is 53.9 Å². The van der Waals surface area contributed by atoms with E-state index in [4.69, 9.17) is 0 Å². The van der Waals surface area contributed by atoms with Gasteiger partial charge in [-0.15, -0.1) is 0 Å². The number of benzene rings is 2. The van der Waals surface area contributed by atoms with Crippen LogP contribution in [0.2, 0.25) is 0 Å². The van der Waals surface area contributed by atoms with Crippen LogP contribution >= 0.6 is 0 Å². The van der Waals surface area contributed by atoms with Gasteiger partial charge in [0.2, 0.25) is 5.91 Å². The van der Waals surface area contributed by atoms with Gasteiger partial charge in [-0.2, -0.15) is 0 Å². The second kappa shape index (κ2) is 10.4. The number of nitrogens with one attached hydrogen (secondary N) is 1. The summed E-state index contributed by atoms with van der Waals surface area (Å²) in [5, 5.41) is 13.4. The third-order valence-corrected chi connectivity index (χ3v) is 7.20. The quantitative estimate of drug-likeness (QED) is 0.554. The summed E-state index contributed by atoms with van der Waals surface area (Å²) in [7, 11) is 0. The van der Waals surface area contributed by atoms with E-state index < -0.39 is 11.5 Å². The minimum absolute atomic E-state index is 0.0350. The number of rotatable bonds is 6. The molecule has 35 heavy (non-hydrogen) atoms. The lowest BCUT2D eigenvalue weighted by Gasteiger charge is -2.40. The number of hydrogen-bond donors (Lipinski definition) is 2. The van der Waals surface area contributed by atoms with Crippen molar-refractivity contribution in [3.05, 3.63) is 57.6 Å². The van der Waals surface area contributed by atoms with Gasteiger partial charge in [-0.05, 0) is 79.7 Å². The highest BCUT2D eigenvalue weighted by atomic mass is 16.3. The number of phenols is 1.